The maximum atomic E-state index is 11.2. The van der Waals surface area contributed by atoms with Crippen LogP contribution in [0.1, 0.15) is 43.2 Å². The summed E-state index contributed by atoms with van der Waals surface area (Å²) in [4.78, 5) is 11.2. The molecular formula is C13H16O. The lowest BCUT2D eigenvalue weighted by molar-refractivity contribution is -0.117. The number of Topliss-reactive ketones (excluding diaryl/α,β-unsaturated/α-hetero) is 1. The predicted octanol–water partition coefficient (Wildman–Crippen LogP) is 3.09. The molecule has 1 unspecified atom stereocenters. The third-order valence-electron chi connectivity index (χ3n) is 3.08. The highest BCUT2D eigenvalue weighted by molar-refractivity contribution is 5.81. The Morgan fingerprint density at radius 1 is 1.43 bits per heavy atom. The first-order chi connectivity index (χ1) is 6.79. The normalized spacial score (nSPS) is 21.5. The highest BCUT2D eigenvalue weighted by Gasteiger charge is 2.23. The summed E-state index contributed by atoms with van der Waals surface area (Å²) in [6, 6.07) is 8.67. The van der Waals surface area contributed by atoms with Gasteiger partial charge in [-0.3, -0.25) is 4.79 Å². The molecule has 0 amide bonds. The van der Waals surface area contributed by atoms with Gasteiger partial charge in [-0.1, -0.05) is 31.2 Å². The molecule has 74 valence electrons. The van der Waals surface area contributed by atoms with Gasteiger partial charge in [-0.2, -0.15) is 0 Å². The minimum atomic E-state index is 0.428. The number of aryl methyl sites for hydroxylation is 1. The molecule has 2 rings (SSSR count). The quantitative estimate of drug-likeness (QED) is 0.697. The largest absolute Gasteiger partial charge is 0.300 e. The van der Waals surface area contributed by atoms with Crippen molar-refractivity contribution in [2.45, 2.75) is 38.5 Å². The molecule has 1 heteroatoms. The summed E-state index contributed by atoms with van der Waals surface area (Å²) >= 11 is 0. The van der Waals surface area contributed by atoms with E-state index >= 15 is 0 Å². The van der Waals surface area contributed by atoms with E-state index in [0.29, 0.717) is 11.7 Å². The van der Waals surface area contributed by atoms with E-state index in [9.17, 15) is 4.79 Å². The van der Waals surface area contributed by atoms with Gasteiger partial charge >= 0.3 is 0 Å². The number of benzene rings is 1. The van der Waals surface area contributed by atoms with Crippen molar-refractivity contribution in [2.24, 2.45) is 0 Å². The third-order valence-corrected chi connectivity index (χ3v) is 3.08. The van der Waals surface area contributed by atoms with Crippen molar-refractivity contribution in [3.05, 3.63) is 35.4 Å². The van der Waals surface area contributed by atoms with Crippen LogP contribution in [-0.2, 0) is 11.2 Å². The van der Waals surface area contributed by atoms with Gasteiger partial charge in [0, 0.05) is 12.8 Å². The Kier molecular flexibility index (Phi) is 2.67. The van der Waals surface area contributed by atoms with Crippen molar-refractivity contribution < 1.29 is 4.79 Å². The molecule has 0 bridgehead atoms. The molecule has 0 aliphatic heterocycles. The van der Waals surface area contributed by atoms with Crippen LogP contribution < -0.4 is 0 Å². The molecule has 0 saturated heterocycles. The molecular weight excluding hydrogens is 172 g/mol. The van der Waals surface area contributed by atoms with Gasteiger partial charge in [0.2, 0.25) is 0 Å². The van der Waals surface area contributed by atoms with Crippen LogP contribution in [0.2, 0.25) is 0 Å². The van der Waals surface area contributed by atoms with Crippen molar-refractivity contribution in [3.63, 3.8) is 0 Å². The molecule has 0 spiro atoms. The molecule has 1 nitrogen and oxygen atoms in total. The molecule has 0 N–H and O–H groups in total. The van der Waals surface area contributed by atoms with Gasteiger partial charge < -0.3 is 0 Å². The van der Waals surface area contributed by atoms with E-state index in [1.165, 1.54) is 11.1 Å². The molecule has 0 aromatic heterocycles. The Hall–Kier alpha value is -1.11. The SMILES string of the molecule is CCc1cccc(C2CCC(=O)C2)c1. The average Bonchev–Trinajstić information content (AvgIpc) is 2.65. The van der Waals surface area contributed by atoms with Crippen LogP contribution in [0.3, 0.4) is 0 Å². The van der Waals surface area contributed by atoms with E-state index in [-0.39, 0.29) is 0 Å². The lowest BCUT2D eigenvalue weighted by Crippen LogP contribution is -1.95. The van der Waals surface area contributed by atoms with Gasteiger partial charge in [-0.05, 0) is 29.9 Å². The Morgan fingerprint density at radius 3 is 2.93 bits per heavy atom. The average molecular weight is 188 g/mol. The van der Waals surface area contributed by atoms with Crippen molar-refractivity contribution in [1.29, 1.82) is 0 Å². The maximum absolute atomic E-state index is 11.2. The summed E-state index contributed by atoms with van der Waals surface area (Å²) in [5, 5.41) is 0. The number of ketones is 1. The van der Waals surface area contributed by atoms with Crippen LogP contribution >= 0.6 is 0 Å². The number of hydrogen-bond donors (Lipinski definition) is 0. The summed E-state index contributed by atoms with van der Waals surface area (Å²) in [6.07, 6.45) is 3.66. The third kappa shape index (κ3) is 1.87. The Balaban J connectivity index is 2.19. The number of carbonyl (C=O) groups is 1. The van der Waals surface area contributed by atoms with Crippen molar-refractivity contribution in [2.75, 3.05) is 0 Å². The van der Waals surface area contributed by atoms with Gasteiger partial charge in [-0.15, -0.1) is 0 Å². The van der Waals surface area contributed by atoms with Crippen molar-refractivity contribution in [1.82, 2.24) is 0 Å². The summed E-state index contributed by atoms with van der Waals surface area (Å²) in [5.74, 6) is 0.922. The molecule has 14 heavy (non-hydrogen) atoms. The second-order valence-electron chi connectivity index (χ2n) is 4.08. The second-order valence-corrected chi connectivity index (χ2v) is 4.08. The van der Waals surface area contributed by atoms with Gasteiger partial charge in [-0.25, -0.2) is 0 Å². The molecule has 1 aliphatic rings. The van der Waals surface area contributed by atoms with E-state index in [0.717, 1.165) is 25.7 Å². The molecule has 1 fully saturated rings. The van der Waals surface area contributed by atoms with Crippen LogP contribution in [0.4, 0.5) is 0 Å². The summed E-state index contributed by atoms with van der Waals surface area (Å²) in [7, 11) is 0. The van der Waals surface area contributed by atoms with Gasteiger partial charge in [0.15, 0.2) is 0 Å². The van der Waals surface area contributed by atoms with Crippen LogP contribution in [-0.4, -0.2) is 5.78 Å². The Labute approximate surface area is 85.1 Å². The topological polar surface area (TPSA) is 17.1 Å². The second kappa shape index (κ2) is 3.95. The zero-order valence-corrected chi connectivity index (χ0v) is 8.62. The molecule has 0 radical (unpaired) electrons. The number of rotatable bonds is 2. The van der Waals surface area contributed by atoms with Gasteiger partial charge in [0.25, 0.3) is 0 Å². The molecule has 1 saturated carbocycles. The number of carbonyl (C=O) groups excluding carboxylic acids is 1. The number of hydrogen-bond acceptors (Lipinski definition) is 1. The molecule has 1 atom stereocenters. The maximum Gasteiger partial charge on any atom is 0.133 e. The predicted molar refractivity (Wildman–Crippen MR) is 57.4 cm³/mol. The summed E-state index contributed by atoms with van der Waals surface area (Å²) in [5.41, 5.74) is 2.73. The zero-order valence-electron chi connectivity index (χ0n) is 8.62. The summed E-state index contributed by atoms with van der Waals surface area (Å²) < 4.78 is 0. The van der Waals surface area contributed by atoms with E-state index in [1.807, 2.05) is 0 Å². The Bertz CT molecular complexity index is 341. The first-order valence-electron chi connectivity index (χ1n) is 5.40. The standard InChI is InChI=1S/C13H16O/c1-2-10-4-3-5-11(8-10)12-6-7-13(14)9-12/h3-5,8,12H,2,6-7,9H2,1H3. The molecule has 1 aliphatic carbocycles. The molecule has 0 heterocycles. The van der Waals surface area contributed by atoms with E-state index in [4.69, 9.17) is 0 Å². The fourth-order valence-electron chi connectivity index (χ4n) is 2.17. The van der Waals surface area contributed by atoms with E-state index < -0.39 is 0 Å². The minimum Gasteiger partial charge on any atom is -0.300 e. The monoisotopic (exact) mass is 188 g/mol. The fourth-order valence-corrected chi connectivity index (χ4v) is 2.17. The molecule has 1 aromatic rings. The lowest BCUT2D eigenvalue weighted by Gasteiger charge is -2.09. The fraction of sp³-hybridized carbons (Fsp3) is 0.462. The first-order valence-corrected chi connectivity index (χ1v) is 5.40. The first kappa shape index (κ1) is 9.45. The molecule has 1 aromatic carbocycles. The van der Waals surface area contributed by atoms with Crippen molar-refractivity contribution >= 4 is 5.78 Å². The van der Waals surface area contributed by atoms with Crippen LogP contribution in [0.25, 0.3) is 0 Å². The lowest BCUT2D eigenvalue weighted by atomic mass is 9.95. The minimum absolute atomic E-state index is 0.428. The van der Waals surface area contributed by atoms with Crippen LogP contribution in [0, 0.1) is 0 Å². The van der Waals surface area contributed by atoms with Crippen LogP contribution in [0.5, 0.6) is 0 Å². The highest BCUT2D eigenvalue weighted by Crippen LogP contribution is 2.32. The Morgan fingerprint density at radius 2 is 2.29 bits per heavy atom. The van der Waals surface area contributed by atoms with Crippen LogP contribution in [0.15, 0.2) is 24.3 Å². The highest BCUT2D eigenvalue weighted by atomic mass is 16.1. The summed E-state index contributed by atoms with van der Waals surface area (Å²) in [6.45, 7) is 2.17. The van der Waals surface area contributed by atoms with Gasteiger partial charge in [0.05, 0.1) is 0 Å². The van der Waals surface area contributed by atoms with Gasteiger partial charge in [0.1, 0.15) is 5.78 Å². The van der Waals surface area contributed by atoms with E-state index in [1.54, 1.807) is 0 Å². The smallest absolute Gasteiger partial charge is 0.133 e. The van der Waals surface area contributed by atoms with E-state index in [2.05, 4.69) is 31.2 Å². The van der Waals surface area contributed by atoms with Crippen molar-refractivity contribution in [3.8, 4) is 0 Å². The zero-order chi connectivity index (χ0) is 9.97.